The van der Waals surface area contributed by atoms with Crippen molar-refractivity contribution in [2.45, 2.75) is 19.1 Å². The number of nitrogens with zero attached hydrogens (tertiary/aromatic N) is 1. The Balaban J connectivity index is 2.82. The first-order chi connectivity index (χ1) is 5.61. The molecule has 1 heterocycles. The molecule has 0 aliphatic heterocycles. The molecular weight excluding hydrogens is 154 g/mol. The summed E-state index contributed by atoms with van der Waals surface area (Å²) in [6, 6.07) is 2.99. The molecule has 0 aliphatic rings. The maximum absolute atomic E-state index is 9.15. The average molecular weight is 167 g/mol. The number of aliphatic hydroxyl groups is 1. The summed E-state index contributed by atoms with van der Waals surface area (Å²) in [6.45, 7) is 1.63. The first-order valence-corrected chi connectivity index (χ1v) is 3.76. The number of aromatic nitrogens is 1. The Kier molecular flexibility index (Phi) is 2.62. The number of nitrogens with two attached hydrogens (primary N) is 2. The molecule has 0 aliphatic carbocycles. The third-order valence-electron chi connectivity index (χ3n) is 1.67. The molecule has 0 saturated heterocycles. The summed E-state index contributed by atoms with van der Waals surface area (Å²) in [6.07, 6.45) is 0.929. The standard InChI is InChI=1S/C8H13N3O/c1-5(12)8(10)7-3-2-6(9)4-11-7/h2-5,8,12H,9-10H2,1H3/t5-,8+/m1/s1. The summed E-state index contributed by atoms with van der Waals surface area (Å²) in [7, 11) is 0. The van der Waals surface area contributed by atoms with Crippen molar-refractivity contribution in [2.24, 2.45) is 5.73 Å². The fourth-order valence-electron chi connectivity index (χ4n) is 0.861. The first kappa shape index (κ1) is 8.96. The zero-order valence-corrected chi connectivity index (χ0v) is 6.94. The van der Waals surface area contributed by atoms with Crippen molar-refractivity contribution in [3.8, 4) is 0 Å². The van der Waals surface area contributed by atoms with Gasteiger partial charge in [0.2, 0.25) is 0 Å². The van der Waals surface area contributed by atoms with E-state index >= 15 is 0 Å². The van der Waals surface area contributed by atoms with Crippen LogP contribution in [-0.4, -0.2) is 16.2 Å². The minimum Gasteiger partial charge on any atom is -0.397 e. The Morgan fingerprint density at radius 3 is 2.58 bits per heavy atom. The maximum atomic E-state index is 9.15. The van der Waals surface area contributed by atoms with E-state index in [1.165, 1.54) is 6.20 Å². The highest BCUT2D eigenvalue weighted by molar-refractivity contribution is 5.35. The molecule has 1 aromatic rings. The number of aliphatic hydroxyl groups excluding tert-OH is 1. The van der Waals surface area contributed by atoms with Gasteiger partial charge in [0, 0.05) is 0 Å². The third-order valence-corrected chi connectivity index (χ3v) is 1.67. The second-order valence-corrected chi connectivity index (χ2v) is 2.78. The van der Waals surface area contributed by atoms with Crippen molar-refractivity contribution < 1.29 is 5.11 Å². The number of pyridine rings is 1. The van der Waals surface area contributed by atoms with Gasteiger partial charge in [-0.25, -0.2) is 0 Å². The van der Waals surface area contributed by atoms with Gasteiger partial charge in [0.1, 0.15) is 0 Å². The molecule has 0 spiro atoms. The molecule has 12 heavy (non-hydrogen) atoms. The molecule has 4 heteroatoms. The summed E-state index contributed by atoms with van der Waals surface area (Å²) in [5, 5.41) is 9.15. The van der Waals surface area contributed by atoms with Gasteiger partial charge in [-0.05, 0) is 19.1 Å². The van der Waals surface area contributed by atoms with Gasteiger partial charge in [0.25, 0.3) is 0 Å². The van der Waals surface area contributed by atoms with Gasteiger partial charge < -0.3 is 16.6 Å². The Morgan fingerprint density at radius 1 is 1.50 bits per heavy atom. The number of hydrogen-bond donors (Lipinski definition) is 3. The van der Waals surface area contributed by atoms with Gasteiger partial charge in [-0.3, -0.25) is 4.98 Å². The van der Waals surface area contributed by atoms with Crippen LogP contribution in [0.1, 0.15) is 18.7 Å². The summed E-state index contributed by atoms with van der Waals surface area (Å²) in [5.74, 6) is 0. The molecule has 66 valence electrons. The van der Waals surface area contributed by atoms with Crippen molar-refractivity contribution in [1.29, 1.82) is 0 Å². The predicted molar refractivity (Wildman–Crippen MR) is 47.3 cm³/mol. The van der Waals surface area contributed by atoms with E-state index in [9.17, 15) is 0 Å². The van der Waals surface area contributed by atoms with Crippen LogP contribution >= 0.6 is 0 Å². The van der Waals surface area contributed by atoms with E-state index in [1.807, 2.05) is 0 Å². The van der Waals surface area contributed by atoms with Crippen molar-refractivity contribution in [1.82, 2.24) is 4.98 Å². The highest BCUT2D eigenvalue weighted by atomic mass is 16.3. The lowest BCUT2D eigenvalue weighted by Gasteiger charge is -2.13. The highest BCUT2D eigenvalue weighted by Gasteiger charge is 2.12. The summed E-state index contributed by atoms with van der Waals surface area (Å²) >= 11 is 0. The lowest BCUT2D eigenvalue weighted by molar-refractivity contribution is 0.162. The minimum absolute atomic E-state index is 0.439. The second kappa shape index (κ2) is 3.51. The largest absolute Gasteiger partial charge is 0.397 e. The number of nitrogen functional groups attached to an aromatic ring is 1. The average Bonchev–Trinajstić information content (AvgIpc) is 2.04. The van der Waals surface area contributed by atoms with E-state index in [4.69, 9.17) is 16.6 Å². The van der Waals surface area contributed by atoms with Gasteiger partial charge in [0.15, 0.2) is 0 Å². The molecule has 2 atom stereocenters. The zero-order valence-electron chi connectivity index (χ0n) is 6.94. The Morgan fingerprint density at radius 2 is 2.17 bits per heavy atom. The van der Waals surface area contributed by atoms with Gasteiger partial charge >= 0.3 is 0 Å². The van der Waals surface area contributed by atoms with Gasteiger partial charge in [-0.2, -0.15) is 0 Å². The smallest absolute Gasteiger partial charge is 0.0730 e. The van der Waals surface area contributed by atoms with Crippen LogP contribution in [0.3, 0.4) is 0 Å². The molecule has 1 rings (SSSR count). The normalized spacial score (nSPS) is 15.6. The fourth-order valence-corrected chi connectivity index (χ4v) is 0.861. The maximum Gasteiger partial charge on any atom is 0.0730 e. The predicted octanol–water partition coefficient (Wildman–Crippen LogP) is 0.0444. The first-order valence-electron chi connectivity index (χ1n) is 3.76. The number of hydrogen-bond acceptors (Lipinski definition) is 4. The summed E-state index contributed by atoms with van der Waals surface area (Å²) < 4.78 is 0. The molecule has 1 aromatic heterocycles. The topological polar surface area (TPSA) is 85.2 Å². The van der Waals surface area contributed by atoms with E-state index in [1.54, 1.807) is 19.1 Å². The highest BCUT2D eigenvalue weighted by Crippen LogP contribution is 2.11. The van der Waals surface area contributed by atoms with Crippen LogP contribution in [0, 0.1) is 0 Å². The van der Waals surface area contributed by atoms with Crippen LogP contribution in [0.25, 0.3) is 0 Å². The van der Waals surface area contributed by atoms with Gasteiger partial charge in [0.05, 0.1) is 29.7 Å². The molecule has 0 radical (unpaired) electrons. The van der Waals surface area contributed by atoms with Crippen LogP contribution in [0.2, 0.25) is 0 Å². The van der Waals surface area contributed by atoms with E-state index in [2.05, 4.69) is 4.98 Å². The lowest BCUT2D eigenvalue weighted by atomic mass is 10.1. The van der Waals surface area contributed by atoms with Crippen molar-refractivity contribution in [2.75, 3.05) is 5.73 Å². The minimum atomic E-state index is -0.596. The molecule has 0 saturated carbocycles. The van der Waals surface area contributed by atoms with Gasteiger partial charge in [-0.1, -0.05) is 0 Å². The lowest BCUT2D eigenvalue weighted by Crippen LogP contribution is -2.24. The molecule has 0 amide bonds. The number of anilines is 1. The van der Waals surface area contributed by atoms with Crippen molar-refractivity contribution in [3.05, 3.63) is 24.0 Å². The Hall–Kier alpha value is -1.13. The number of rotatable bonds is 2. The summed E-state index contributed by atoms with van der Waals surface area (Å²) in [5.41, 5.74) is 12.3. The molecule has 0 aromatic carbocycles. The quantitative estimate of drug-likeness (QED) is 0.580. The fraction of sp³-hybridized carbons (Fsp3) is 0.375. The summed E-state index contributed by atoms with van der Waals surface area (Å²) in [4.78, 5) is 3.99. The zero-order chi connectivity index (χ0) is 9.14. The van der Waals surface area contributed by atoms with Crippen LogP contribution in [0.15, 0.2) is 18.3 Å². The van der Waals surface area contributed by atoms with E-state index in [-0.39, 0.29) is 0 Å². The van der Waals surface area contributed by atoms with E-state index in [0.29, 0.717) is 11.4 Å². The third kappa shape index (κ3) is 1.93. The van der Waals surface area contributed by atoms with Crippen LogP contribution in [0.5, 0.6) is 0 Å². The molecule has 0 unspecified atom stereocenters. The molecule has 0 bridgehead atoms. The monoisotopic (exact) mass is 167 g/mol. The molecule has 0 fully saturated rings. The Bertz CT molecular complexity index is 245. The van der Waals surface area contributed by atoms with Crippen LogP contribution < -0.4 is 11.5 Å². The SMILES string of the molecule is C[C@@H](O)[C@H](N)c1ccc(N)cn1. The van der Waals surface area contributed by atoms with E-state index in [0.717, 1.165) is 0 Å². The van der Waals surface area contributed by atoms with Gasteiger partial charge in [-0.15, -0.1) is 0 Å². The van der Waals surface area contributed by atoms with Crippen molar-refractivity contribution in [3.63, 3.8) is 0 Å². The van der Waals surface area contributed by atoms with Crippen LogP contribution in [-0.2, 0) is 0 Å². The second-order valence-electron chi connectivity index (χ2n) is 2.78. The molecular formula is C8H13N3O. The Labute approximate surface area is 71.2 Å². The van der Waals surface area contributed by atoms with E-state index < -0.39 is 12.1 Å². The van der Waals surface area contributed by atoms with Crippen LogP contribution in [0.4, 0.5) is 5.69 Å². The van der Waals surface area contributed by atoms with Crippen molar-refractivity contribution >= 4 is 5.69 Å². The molecule has 5 N–H and O–H groups in total. The molecule has 4 nitrogen and oxygen atoms in total.